The Morgan fingerprint density at radius 2 is 2.09 bits per heavy atom. The zero-order chi connectivity index (χ0) is 8.91. The molecule has 0 rings (SSSR count). The lowest BCUT2D eigenvalue weighted by molar-refractivity contribution is 0.0419. The monoisotopic (exact) mass is 158 g/mol. The molecule has 0 spiro atoms. The minimum Gasteiger partial charge on any atom is -0.474 e. The Hall–Kier alpha value is -0.700. The van der Waals surface area contributed by atoms with Crippen molar-refractivity contribution < 1.29 is 4.74 Å². The largest absolute Gasteiger partial charge is 0.474 e. The van der Waals surface area contributed by atoms with Crippen molar-refractivity contribution >= 4 is 0 Å². The Balaban J connectivity index is 3.53. The Morgan fingerprint density at radius 1 is 1.55 bits per heavy atom. The van der Waals surface area contributed by atoms with E-state index in [1.54, 1.807) is 0 Å². The molecule has 3 nitrogen and oxygen atoms in total. The number of rotatable bonds is 4. The highest BCUT2D eigenvalue weighted by Crippen LogP contribution is 2.09. The van der Waals surface area contributed by atoms with E-state index in [4.69, 9.17) is 10.5 Å². The van der Waals surface area contributed by atoms with Gasteiger partial charge < -0.3 is 15.8 Å². The maximum atomic E-state index is 5.38. The molecule has 11 heavy (non-hydrogen) atoms. The maximum Gasteiger partial charge on any atom is 0.179 e. The molecule has 0 aromatic rings. The van der Waals surface area contributed by atoms with Crippen molar-refractivity contribution in [2.24, 2.45) is 5.73 Å². The van der Waals surface area contributed by atoms with Crippen LogP contribution in [0.5, 0.6) is 0 Å². The fourth-order valence-electron chi connectivity index (χ4n) is 0.617. The van der Waals surface area contributed by atoms with Crippen LogP contribution in [0.1, 0.15) is 20.8 Å². The highest BCUT2D eigenvalue weighted by atomic mass is 16.5. The van der Waals surface area contributed by atoms with E-state index in [-0.39, 0.29) is 5.60 Å². The summed E-state index contributed by atoms with van der Waals surface area (Å²) in [4.78, 5) is 0. The normalized spacial score (nSPS) is 10.9. The average molecular weight is 158 g/mol. The van der Waals surface area contributed by atoms with Crippen LogP contribution in [-0.4, -0.2) is 18.7 Å². The molecule has 0 amide bonds. The maximum absolute atomic E-state index is 5.38. The lowest BCUT2D eigenvalue weighted by atomic mass is 10.2. The van der Waals surface area contributed by atoms with Gasteiger partial charge in [0.2, 0.25) is 0 Å². The summed E-state index contributed by atoms with van der Waals surface area (Å²) in [7, 11) is 0. The molecule has 0 aliphatic heterocycles. The fourth-order valence-corrected chi connectivity index (χ4v) is 0.617. The molecule has 3 N–H and O–H groups in total. The van der Waals surface area contributed by atoms with Crippen LogP contribution in [0, 0.1) is 0 Å². The summed E-state index contributed by atoms with van der Waals surface area (Å²) < 4.78 is 5.38. The predicted molar refractivity (Wildman–Crippen MR) is 47.0 cm³/mol. The third kappa shape index (κ3) is 7.19. The zero-order valence-corrected chi connectivity index (χ0v) is 7.61. The molecule has 0 unspecified atom stereocenters. The molecule has 3 heteroatoms. The van der Waals surface area contributed by atoms with Gasteiger partial charge in [0.25, 0.3) is 0 Å². The molecule has 0 saturated carbocycles. The molecule has 0 bridgehead atoms. The van der Waals surface area contributed by atoms with Gasteiger partial charge in [-0.25, -0.2) is 0 Å². The molecule has 0 aromatic heterocycles. The van der Waals surface area contributed by atoms with Crippen LogP contribution in [0.3, 0.4) is 0 Å². The van der Waals surface area contributed by atoms with E-state index in [1.807, 2.05) is 20.8 Å². The first-order valence-electron chi connectivity index (χ1n) is 3.77. The summed E-state index contributed by atoms with van der Waals surface area (Å²) in [5, 5.41) is 2.95. The summed E-state index contributed by atoms with van der Waals surface area (Å²) >= 11 is 0. The van der Waals surface area contributed by atoms with Gasteiger partial charge in [-0.05, 0) is 27.4 Å². The van der Waals surface area contributed by atoms with Crippen molar-refractivity contribution in [2.45, 2.75) is 26.4 Å². The van der Waals surface area contributed by atoms with E-state index < -0.39 is 0 Å². The van der Waals surface area contributed by atoms with Crippen LogP contribution in [-0.2, 0) is 4.74 Å². The van der Waals surface area contributed by atoms with E-state index in [2.05, 4.69) is 11.9 Å². The Bertz CT molecular complexity index is 127. The molecule has 0 saturated heterocycles. The second kappa shape index (κ2) is 4.23. The second-order valence-electron chi connectivity index (χ2n) is 3.35. The number of ether oxygens (including phenoxy) is 1. The van der Waals surface area contributed by atoms with Gasteiger partial charge in [-0.15, -0.1) is 0 Å². The molecule has 0 aliphatic rings. The molecule has 0 radical (unpaired) electrons. The minimum atomic E-state index is -0.182. The Labute approximate surface area is 68.6 Å². The van der Waals surface area contributed by atoms with Gasteiger partial charge in [0.15, 0.2) is 5.88 Å². The van der Waals surface area contributed by atoms with Gasteiger partial charge in [0.1, 0.15) is 5.60 Å². The van der Waals surface area contributed by atoms with E-state index in [0.717, 1.165) is 0 Å². The number of hydrogen-bond acceptors (Lipinski definition) is 3. The van der Waals surface area contributed by atoms with E-state index in [9.17, 15) is 0 Å². The molecular weight excluding hydrogens is 140 g/mol. The van der Waals surface area contributed by atoms with Crippen LogP contribution in [0.15, 0.2) is 12.5 Å². The summed E-state index contributed by atoms with van der Waals surface area (Å²) in [6.45, 7) is 10.9. The highest BCUT2D eigenvalue weighted by Gasteiger charge is 2.11. The summed E-state index contributed by atoms with van der Waals surface area (Å²) in [5.74, 6) is 0.586. The lowest BCUT2D eigenvalue weighted by Gasteiger charge is -2.23. The first-order chi connectivity index (χ1) is 4.95. The smallest absolute Gasteiger partial charge is 0.179 e. The third-order valence-corrected chi connectivity index (χ3v) is 0.896. The zero-order valence-electron chi connectivity index (χ0n) is 7.61. The van der Waals surface area contributed by atoms with Crippen LogP contribution in [0.25, 0.3) is 0 Å². The SMILES string of the molecule is C=C(NCCN)OC(C)(C)C. The quantitative estimate of drug-likeness (QED) is 0.595. The van der Waals surface area contributed by atoms with Crippen molar-refractivity contribution in [2.75, 3.05) is 13.1 Å². The van der Waals surface area contributed by atoms with Crippen LogP contribution in [0.2, 0.25) is 0 Å². The average Bonchev–Trinajstić information content (AvgIpc) is 1.79. The van der Waals surface area contributed by atoms with Crippen molar-refractivity contribution in [3.63, 3.8) is 0 Å². The predicted octanol–water partition coefficient (Wildman–Crippen LogP) is 0.821. The molecule has 0 atom stereocenters. The first-order valence-corrected chi connectivity index (χ1v) is 3.77. The van der Waals surface area contributed by atoms with Gasteiger partial charge in [0.05, 0.1) is 0 Å². The first kappa shape index (κ1) is 10.3. The van der Waals surface area contributed by atoms with Crippen molar-refractivity contribution in [1.29, 1.82) is 0 Å². The van der Waals surface area contributed by atoms with Crippen LogP contribution in [0.4, 0.5) is 0 Å². The van der Waals surface area contributed by atoms with Gasteiger partial charge in [0, 0.05) is 13.1 Å². The van der Waals surface area contributed by atoms with Gasteiger partial charge in [-0.3, -0.25) is 0 Å². The van der Waals surface area contributed by atoms with E-state index in [1.165, 1.54) is 0 Å². The molecular formula is C8H18N2O. The van der Waals surface area contributed by atoms with E-state index in [0.29, 0.717) is 19.0 Å². The summed E-state index contributed by atoms with van der Waals surface area (Å²) in [5.41, 5.74) is 5.10. The Morgan fingerprint density at radius 3 is 2.45 bits per heavy atom. The number of nitrogens with one attached hydrogen (secondary N) is 1. The summed E-state index contributed by atoms with van der Waals surface area (Å²) in [6, 6.07) is 0. The highest BCUT2D eigenvalue weighted by molar-refractivity contribution is 4.82. The molecule has 0 fully saturated rings. The van der Waals surface area contributed by atoms with Gasteiger partial charge in [-0.2, -0.15) is 0 Å². The second-order valence-corrected chi connectivity index (χ2v) is 3.35. The number of nitrogens with two attached hydrogens (primary N) is 1. The van der Waals surface area contributed by atoms with Gasteiger partial charge in [-0.1, -0.05) is 0 Å². The molecule has 0 aliphatic carbocycles. The molecule has 66 valence electrons. The molecule has 0 aromatic carbocycles. The van der Waals surface area contributed by atoms with Crippen molar-refractivity contribution in [1.82, 2.24) is 5.32 Å². The lowest BCUT2D eigenvalue weighted by Crippen LogP contribution is -2.28. The Kier molecular flexibility index (Phi) is 3.97. The third-order valence-electron chi connectivity index (χ3n) is 0.896. The van der Waals surface area contributed by atoms with Gasteiger partial charge >= 0.3 is 0 Å². The van der Waals surface area contributed by atoms with E-state index >= 15 is 0 Å². The molecule has 0 heterocycles. The standard InChI is InChI=1S/C8H18N2O/c1-7(10-6-5-9)11-8(2,3)4/h10H,1,5-6,9H2,2-4H3. The minimum absolute atomic E-state index is 0.182. The number of hydrogen-bond donors (Lipinski definition) is 2. The summed E-state index contributed by atoms with van der Waals surface area (Å²) in [6.07, 6.45) is 0. The topological polar surface area (TPSA) is 47.3 Å². The van der Waals surface area contributed by atoms with Crippen molar-refractivity contribution in [3.05, 3.63) is 12.5 Å². The van der Waals surface area contributed by atoms with Crippen LogP contribution < -0.4 is 11.1 Å². The van der Waals surface area contributed by atoms with Crippen molar-refractivity contribution in [3.8, 4) is 0 Å². The fraction of sp³-hybridized carbons (Fsp3) is 0.750. The van der Waals surface area contributed by atoms with Crippen LogP contribution >= 0.6 is 0 Å².